The van der Waals surface area contributed by atoms with Gasteiger partial charge in [0.1, 0.15) is 11.6 Å². The summed E-state index contributed by atoms with van der Waals surface area (Å²) in [6.45, 7) is 6.34. The fourth-order valence-electron chi connectivity index (χ4n) is 4.32. The number of anilines is 1. The first kappa shape index (κ1) is 24.4. The Balaban J connectivity index is 1.54. The summed E-state index contributed by atoms with van der Waals surface area (Å²) < 4.78 is 27.0. The van der Waals surface area contributed by atoms with Crippen LogP contribution in [-0.4, -0.2) is 54.2 Å². The molecule has 2 aromatic carbocycles. The Bertz CT molecular complexity index is 1060. The summed E-state index contributed by atoms with van der Waals surface area (Å²) in [5.74, 6) is -2.93. The molecule has 3 amide bonds. The Hall–Kier alpha value is -3.29. The predicted octanol–water partition coefficient (Wildman–Crippen LogP) is 3.84. The molecule has 0 spiro atoms. The van der Waals surface area contributed by atoms with Crippen LogP contribution in [0.3, 0.4) is 0 Å². The van der Waals surface area contributed by atoms with Crippen molar-refractivity contribution in [3.05, 3.63) is 64.2 Å². The third-order valence-corrected chi connectivity index (χ3v) is 5.99. The van der Waals surface area contributed by atoms with E-state index in [1.807, 2.05) is 32.9 Å². The molecule has 1 N–H and O–H groups in total. The summed E-state index contributed by atoms with van der Waals surface area (Å²) in [5.41, 5.74) is 3.61. The van der Waals surface area contributed by atoms with Crippen molar-refractivity contribution in [1.82, 2.24) is 9.80 Å². The topological polar surface area (TPSA) is 69.7 Å². The second-order valence-electron chi connectivity index (χ2n) is 8.71. The van der Waals surface area contributed by atoms with Crippen molar-refractivity contribution < 1.29 is 23.2 Å². The normalized spacial score (nSPS) is 14.2. The lowest BCUT2D eigenvalue weighted by Gasteiger charge is -2.33. The molecule has 1 saturated heterocycles. The van der Waals surface area contributed by atoms with E-state index in [4.69, 9.17) is 0 Å². The van der Waals surface area contributed by atoms with E-state index in [-0.39, 0.29) is 42.9 Å². The minimum Gasteiger partial charge on any atom is -0.339 e. The molecule has 3 rings (SSSR count). The highest BCUT2D eigenvalue weighted by Crippen LogP contribution is 2.23. The van der Waals surface area contributed by atoms with Gasteiger partial charge in [-0.05, 0) is 56.9 Å². The van der Waals surface area contributed by atoms with Crippen LogP contribution in [0.25, 0.3) is 0 Å². The number of amides is 3. The van der Waals surface area contributed by atoms with Crippen LogP contribution < -0.4 is 5.32 Å². The predicted molar refractivity (Wildman–Crippen MR) is 122 cm³/mol. The van der Waals surface area contributed by atoms with Crippen LogP contribution in [0.15, 0.2) is 30.3 Å². The highest BCUT2D eigenvalue weighted by atomic mass is 19.1. The summed E-state index contributed by atoms with van der Waals surface area (Å²) in [6.07, 6.45) is 0.824. The van der Waals surface area contributed by atoms with Gasteiger partial charge in [-0.15, -0.1) is 0 Å². The number of hydrogen-bond donors (Lipinski definition) is 1. The average molecular weight is 458 g/mol. The van der Waals surface area contributed by atoms with E-state index in [1.54, 1.807) is 7.05 Å². The summed E-state index contributed by atoms with van der Waals surface area (Å²) in [7, 11) is 1.59. The number of rotatable bonds is 5. The van der Waals surface area contributed by atoms with Crippen LogP contribution >= 0.6 is 0 Å². The molecule has 1 heterocycles. The molecule has 6 nitrogen and oxygen atoms in total. The second-order valence-corrected chi connectivity index (χ2v) is 8.71. The second kappa shape index (κ2) is 10.1. The standard InChI is InChI=1S/C25H29F2N3O3/c1-15-11-16(2)23(17(3)12-15)28-22(31)14-29(4)24(32)18-7-9-30(10-8-18)25(33)20-6-5-19(26)13-21(20)27/h5-6,11-13,18H,7-10,14H2,1-4H3,(H,28,31). The van der Waals surface area contributed by atoms with Crippen LogP contribution in [0.1, 0.15) is 39.9 Å². The smallest absolute Gasteiger partial charge is 0.256 e. The fraction of sp³-hybridized carbons (Fsp3) is 0.400. The van der Waals surface area contributed by atoms with Gasteiger partial charge in [0.05, 0.1) is 12.1 Å². The van der Waals surface area contributed by atoms with Gasteiger partial charge in [0.2, 0.25) is 11.8 Å². The minimum atomic E-state index is -0.900. The Morgan fingerprint density at radius 1 is 1.03 bits per heavy atom. The van der Waals surface area contributed by atoms with E-state index >= 15 is 0 Å². The Morgan fingerprint density at radius 3 is 2.21 bits per heavy atom. The Morgan fingerprint density at radius 2 is 1.64 bits per heavy atom. The SMILES string of the molecule is Cc1cc(C)c(NC(=O)CN(C)C(=O)C2CCN(C(=O)c3ccc(F)cc3F)CC2)c(C)c1. The zero-order valence-electron chi connectivity index (χ0n) is 19.4. The number of nitrogens with one attached hydrogen (secondary N) is 1. The van der Waals surface area contributed by atoms with Crippen LogP contribution in [0.5, 0.6) is 0 Å². The molecule has 1 aliphatic heterocycles. The fourth-order valence-corrected chi connectivity index (χ4v) is 4.32. The molecule has 0 aromatic heterocycles. The zero-order chi connectivity index (χ0) is 24.3. The average Bonchev–Trinajstić information content (AvgIpc) is 2.75. The number of benzene rings is 2. The van der Waals surface area contributed by atoms with Gasteiger partial charge in [0, 0.05) is 37.8 Å². The summed E-state index contributed by atoms with van der Waals surface area (Å²) in [4.78, 5) is 40.8. The van der Waals surface area contributed by atoms with Crippen LogP contribution in [0.4, 0.5) is 14.5 Å². The van der Waals surface area contributed by atoms with Crippen molar-refractivity contribution in [3.63, 3.8) is 0 Å². The molecule has 2 aromatic rings. The van der Waals surface area contributed by atoms with Crippen molar-refractivity contribution >= 4 is 23.4 Å². The minimum absolute atomic E-state index is 0.0779. The van der Waals surface area contributed by atoms with Crippen LogP contribution in [-0.2, 0) is 9.59 Å². The Kier molecular flexibility index (Phi) is 7.46. The molecule has 1 fully saturated rings. The molecule has 8 heteroatoms. The number of aryl methyl sites for hydroxylation is 3. The van der Waals surface area contributed by atoms with Gasteiger partial charge in [-0.2, -0.15) is 0 Å². The number of hydrogen-bond acceptors (Lipinski definition) is 3. The number of likely N-dealkylation sites (tertiary alicyclic amines) is 1. The molecule has 0 saturated carbocycles. The van der Waals surface area contributed by atoms with Gasteiger partial charge >= 0.3 is 0 Å². The van der Waals surface area contributed by atoms with Crippen molar-refractivity contribution in [2.24, 2.45) is 5.92 Å². The van der Waals surface area contributed by atoms with Gasteiger partial charge in [-0.3, -0.25) is 14.4 Å². The molecular formula is C25H29F2N3O3. The van der Waals surface area contributed by atoms with Gasteiger partial charge < -0.3 is 15.1 Å². The monoisotopic (exact) mass is 457 g/mol. The molecule has 0 aliphatic carbocycles. The maximum Gasteiger partial charge on any atom is 0.256 e. The number of likely N-dealkylation sites (N-methyl/N-ethyl adjacent to an activating group) is 1. The zero-order valence-corrected chi connectivity index (χ0v) is 19.4. The molecule has 0 radical (unpaired) electrons. The van der Waals surface area contributed by atoms with Gasteiger partial charge in [0.25, 0.3) is 5.91 Å². The molecular weight excluding hydrogens is 428 g/mol. The van der Waals surface area contributed by atoms with Crippen molar-refractivity contribution in [2.45, 2.75) is 33.6 Å². The highest BCUT2D eigenvalue weighted by Gasteiger charge is 2.31. The lowest BCUT2D eigenvalue weighted by Crippen LogP contribution is -2.45. The molecule has 0 unspecified atom stereocenters. The maximum absolute atomic E-state index is 13.9. The van der Waals surface area contributed by atoms with Gasteiger partial charge in [0.15, 0.2) is 0 Å². The first-order valence-corrected chi connectivity index (χ1v) is 10.9. The first-order chi connectivity index (χ1) is 15.6. The van der Waals surface area contributed by atoms with E-state index in [9.17, 15) is 23.2 Å². The summed E-state index contributed by atoms with van der Waals surface area (Å²) in [5, 5.41) is 2.90. The van der Waals surface area contributed by atoms with Crippen molar-refractivity contribution in [3.8, 4) is 0 Å². The molecule has 0 atom stereocenters. The number of carbonyl (C=O) groups is 3. The van der Waals surface area contributed by atoms with E-state index in [1.165, 1.54) is 9.80 Å². The Labute approximate surface area is 192 Å². The maximum atomic E-state index is 13.9. The number of nitrogens with zero attached hydrogens (tertiary/aromatic N) is 2. The molecule has 0 bridgehead atoms. The lowest BCUT2D eigenvalue weighted by molar-refractivity contribution is -0.138. The largest absolute Gasteiger partial charge is 0.339 e. The number of piperidine rings is 1. The van der Waals surface area contributed by atoms with Crippen molar-refractivity contribution in [1.29, 1.82) is 0 Å². The van der Waals surface area contributed by atoms with E-state index in [0.717, 1.165) is 34.5 Å². The molecule has 33 heavy (non-hydrogen) atoms. The third kappa shape index (κ3) is 5.74. The highest BCUT2D eigenvalue weighted by molar-refractivity contribution is 5.96. The lowest BCUT2D eigenvalue weighted by atomic mass is 9.95. The van der Waals surface area contributed by atoms with E-state index < -0.39 is 17.5 Å². The van der Waals surface area contributed by atoms with Crippen molar-refractivity contribution in [2.75, 3.05) is 32.0 Å². The quantitative estimate of drug-likeness (QED) is 0.742. The number of halogens is 2. The third-order valence-electron chi connectivity index (χ3n) is 5.99. The first-order valence-electron chi connectivity index (χ1n) is 10.9. The van der Waals surface area contributed by atoms with Crippen LogP contribution in [0, 0.1) is 38.3 Å². The van der Waals surface area contributed by atoms with Gasteiger partial charge in [-0.1, -0.05) is 17.7 Å². The summed E-state index contributed by atoms with van der Waals surface area (Å²) in [6, 6.07) is 6.85. The summed E-state index contributed by atoms with van der Waals surface area (Å²) >= 11 is 0. The van der Waals surface area contributed by atoms with Crippen LogP contribution in [0.2, 0.25) is 0 Å². The van der Waals surface area contributed by atoms with Gasteiger partial charge in [-0.25, -0.2) is 8.78 Å². The van der Waals surface area contributed by atoms with E-state index in [2.05, 4.69) is 5.32 Å². The molecule has 176 valence electrons. The molecule has 1 aliphatic rings. The number of carbonyl (C=O) groups excluding carboxylic acids is 3. The van der Waals surface area contributed by atoms with E-state index in [0.29, 0.717) is 18.9 Å².